The van der Waals surface area contributed by atoms with Crippen LogP contribution in [0.1, 0.15) is 40.0 Å². The third-order valence-corrected chi connectivity index (χ3v) is 4.65. The highest BCUT2D eigenvalue weighted by Gasteiger charge is 2.33. The summed E-state index contributed by atoms with van der Waals surface area (Å²) in [5, 5.41) is 10.6. The molecule has 1 aliphatic carbocycles. The second-order valence-electron chi connectivity index (χ2n) is 6.89. The highest BCUT2D eigenvalue weighted by molar-refractivity contribution is 5.71. The number of benzene rings is 1. The van der Waals surface area contributed by atoms with Crippen LogP contribution in [0, 0.1) is 27.9 Å². The number of ether oxygens (including phenoxy) is 2. The lowest BCUT2D eigenvalue weighted by Gasteiger charge is -2.36. The molecule has 6 heteroatoms. The standard InChI is InChI=1S/C18H25NO5/c1-12(2)16-9-4-13(3)10-17(16)24-18(20)11-23-15-7-5-14(6-8-15)19(21)22/h5-8,12-13,16-17H,4,9-11H2,1-3H3/t13-,16-,17+/m1/s1. The van der Waals surface area contributed by atoms with Crippen LogP contribution in [0.3, 0.4) is 0 Å². The van der Waals surface area contributed by atoms with E-state index >= 15 is 0 Å². The van der Waals surface area contributed by atoms with Crippen molar-refractivity contribution in [2.45, 2.75) is 46.1 Å². The Hall–Kier alpha value is -2.11. The van der Waals surface area contributed by atoms with Gasteiger partial charge in [0, 0.05) is 12.1 Å². The summed E-state index contributed by atoms with van der Waals surface area (Å²) in [4.78, 5) is 22.2. The summed E-state index contributed by atoms with van der Waals surface area (Å²) in [5.74, 6) is 1.46. The van der Waals surface area contributed by atoms with Crippen LogP contribution >= 0.6 is 0 Å². The normalized spacial score (nSPS) is 23.8. The second kappa shape index (κ2) is 8.13. The summed E-state index contributed by atoms with van der Waals surface area (Å²) in [6.07, 6.45) is 3.10. The van der Waals surface area contributed by atoms with E-state index in [0.29, 0.717) is 23.5 Å². The van der Waals surface area contributed by atoms with Gasteiger partial charge in [0.25, 0.3) is 5.69 Å². The minimum Gasteiger partial charge on any atom is -0.482 e. The van der Waals surface area contributed by atoms with Crippen LogP contribution in [-0.2, 0) is 9.53 Å². The molecule has 1 aromatic carbocycles. The predicted octanol–water partition coefficient (Wildman–Crippen LogP) is 3.98. The highest BCUT2D eigenvalue weighted by Crippen LogP contribution is 2.35. The number of carbonyl (C=O) groups excluding carboxylic acids is 1. The molecule has 0 heterocycles. The Kier molecular flexibility index (Phi) is 6.17. The fraction of sp³-hybridized carbons (Fsp3) is 0.611. The average molecular weight is 335 g/mol. The SMILES string of the molecule is CC(C)[C@H]1CC[C@@H](C)C[C@@H]1OC(=O)COc1ccc([N+](=O)[O-])cc1. The van der Waals surface area contributed by atoms with Gasteiger partial charge in [0.05, 0.1) is 4.92 Å². The lowest BCUT2D eigenvalue weighted by Crippen LogP contribution is -2.36. The Morgan fingerprint density at radius 3 is 2.54 bits per heavy atom. The van der Waals surface area contributed by atoms with E-state index in [1.165, 1.54) is 30.7 Å². The van der Waals surface area contributed by atoms with Gasteiger partial charge in [-0.1, -0.05) is 27.2 Å². The van der Waals surface area contributed by atoms with Crippen molar-refractivity contribution >= 4 is 11.7 Å². The molecule has 2 rings (SSSR count). The number of nitrogens with zero attached hydrogens (tertiary/aromatic N) is 1. The number of esters is 1. The van der Waals surface area contributed by atoms with Gasteiger partial charge in [-0.2, -0.15) is 0 Å². The van der Waals surface area contributed by atoms with Gasteiger partial charge in [0.2, 0.25) is 0 Å². The summed E-state index contributed by atoms with van der Waals surface area (Å²) in [5.41, 5.74) is -0.0131. The van der Waals surface area contributed by atoms with Crippen molar-refractivity contribution in [3.8, 4) is 5.75 Å². The molecular weight excluding hydrogens is 310 g/mol. The number of carbonyl (C=O) groups is 1. The van der Waals surface area contributed by atoms with Crippen molar-refractivity contribution < 1.29 is 19.2 Å². The van der Waals surface area contributed by atoms with E-state index in [4.69, 9.17) is 9.47 Å². The molecule has 0 aliphatic heterocycles. The molecule has 1 fully saturated rings. The first-order valence-electron chi connectivity index (χ1n) is 8.43. The fourth-order valence-corrected chi connectivity index (χ4v) is 3.26. The summed E-state index contributed by atoms with van der Waals surface area (Å²) in [7, 11) is 0. The molecule has 0 spiro atoms. The Balaban J connectivity index is 1.86. The first-order chi connectivity index (χ1) is 11.4. The van der Waals surface area contributed by atoms with Gasteiger partial charge in [-0.25, -0.2) is 4.79 Å². The quantitative estimate of drug-likeness (QED) is 0.446. The maximum absolute atomic E-state index is 12.1. The van der Waals surface area contributed by atoms with Crippen LogP contribution in [-0.4, -0.2) is 23.6 Å². The molecule has 0 bridgehead atoms. The average Bonchev–Trinajstić information content (AvgIpc) is 2.53. The third-order valence-electron chi connectivity index (χ3n) is 4.65. The number of nitro benzene ring substituents is 1. The van der Waals surface area contributed by atoms with Gasteiger partial charge in [0.15, 0.2) is 6.61 Å². The van der Waals surface area contributed by atoms with Crippen molar-refractivity contribution in [3.63, 3.8) is 0 Å². The minimum atomic E-state index is -0.478. The molecule has 0 unspecified atom stereocenters. The molecule has 1 saturated carbocycles. The number of hydrogen-bond donors (Lipinski definition) is 0. The van der Waals surface area contributed by atoms with E-state index in [2.05, 4.69) is 20.8 Å². The lowest BCUT2D eigenvalue weighted by atomic mass is 9.75. The molecule has 0 saturated heterocycles. The van der Waals surface area contributed by atoms with Crippen LogP contribution in [0.5, 0.6) is 5.75 Å². The van der Waals surface area contributed by atoms with E-state index in [1.54, 1.807) is 0 Å². The summed E-state index contributed by atoms with van der Waals surface area (Å²) < 4.78 is 11.0. The van der Waals surface area contributed by atoms with Gasteiger partial charge < -0.3 is 9.47 Å². The number of rotatable bonds is 6. The molecule has 0 amide bonds. The van der Waals surface area contributed by atoms with Crippen LogP contribution in [0.25, 0.3) is 0 Å². The number of hydrogen-bond acceptors (Lipinski definition) is 5. The predicted molar refractivity (Wildman–Crippen MR) is 89.8 cm³/mol. The van der Waals surface area contributed by atoms with Crippen LogP contribution in [0.4, 0.5) is 5.69 Å². The van der Waals surface area contributed by atoms with Crippen molar-refractivity contribution in [3.05, 3.63) is 34.4 Å². The van der Waals surface area contributed by atoms with Crippen molar-refractivity contribution in [2.75, 3.05) is 6.61 Å². The summed E-state index contributed by atoms with van der Waals surface area (Å²) in [6, 6.07) is 5.65. The number of non-ortho nitro benzene ring substituents is 1. The molecule has 6 nitrogen and oxygen atoms in total. The van der Waals surface area contributed by atoms with E-state index in [9.17, 15) is 14.9 Å². The van der Waals surface area contributed by atoms with Crippen molar-refractivity contribution in [1.29, 1.82) is 0 Å². The molecule has 1 aromatic rings. The van der Waals surface area contributed by atoms with Crippen LogP contribution in [0.15, 0.2) is 24.3 Å². The zero-order chi connectivity index (χ0) is 17.7. The Labute approximate surface area is 142 Å². The molecule has 24 heavy (non-hydrogen) atoms. The highest BCUT2D eigenvalue weighted by atomic mass is 16.6. The zero-order valence-corrected chi connectivity index (χ0v) is 14.4. The monoisotopic (exact) mass is 335 g/mol. The van der Waals surface area contributed by atoms with E-state index in [0.717, 1.165) is 12.8 Å². The van der Waals surface area contributed by atoms with Gasteiger partial charge in [-0.3, -0.25) is 10.1 Å². The molecule has 132 valence electrons. The van der Waals surface area contributed by atoms with Gasteiger partial charge in [-0.05, 0) is 42.7 Å². The van der Waals surface area contributed by atoms with E-state index < -0.39 is 10.9 Å². The molecule has 0 N–H and O–H groups in total. The summed E-state index contributed by atoms with van der Waals surface area (Å²) in [6.45, 7) is 6.32. The van der Waals surface area contributed by atoms with Gasteiger partial charge in [-0.15, -0.1) is 0 Å². The topological polar surface area (TPSA) is 78.7 Å². The second-order valence-corrected chi connectivity index (χ2v) is 6.89. The molecule has 3 atom stereocenters. The molecule has 0 radical (unpaired) electrons. The maximum atomic E-state index is 12.1. The first kappa shape index (κ1) is 18.2. The largest absolute Gasteiger partial charge is 0.482 e. The Morgan fingerprint density at radius 2 is 1.96 bits per heavy atom. The van der Waals surface area contributed by atoms with Gasteiger partial charge in [0.1, 0.15) is 11.9 Å². The maximum Gasteiger partial charge on any atom is 0.344 e. The third kappa shape index (κ3) is 4.94. The van der Waals surface area contributed by atoms with Crippen LogP contribution < -0.4 is 4.74 Å². The molecule has 0 aromatic heterocycles. The van der Waals surface area contributed by atoms with Crippen LogP contribution in [0.2, 0.25) is 0 Å². The van der Waals surface area contributed by atoms with Crippen molar-refractivity contribution in [1.82, 2.24) is 0 Å². The zero-order valence-electron chi connectivity index (χ0n) is 14.4. The molecular formula is C18H25NO5. The molecule has 1 aliphatic rings. The van der Waals surface area contributed by atoms with Crippen molar-refractivity contribution in [2.24, 2.45) is 17.8 Å². The number of nitro groups is 1. The van der Waals surface area contributed by atoms with E-state index in [-0.39, 0.29) is 18.4 Å². The van der Waals surface area contributed by atoms with Gasteiger partial charge >= 0.3 is 5.97 Å². The summed E-state index contributed by atoms with van der Waals surface area (Å²) >= 11 is 0. The Morgan fingerprint density at radius 1 is 1.29 bits per heavy atom. The lowest BCUT2D eigenvalue weighted by molar-refractivity contribution is -0.384. The first-order valence-corrected chi connectivity index (χ1v) is 8.43. The minimum absolute atomic E-state index is 0.0131. The fourth-order valence-electron chi connectivity index (χ4n) is 3.26. The smallest absolute Gasteiger partial charge is 0.344 e. The Bertz CT molecular complexity index is 569. The van der Waals surface area contributed by atoms with E-state index in [1.807, 2.05) is 0 Å².